The van der Waals surface area contributed by atoms with Crippen LogP contribution in [0.1, 0.15) is 21.5 Å². The van der Waals surface area contributed by atoms with Gasteiger partial charge in [0.15, 0.2) is 0 Å². The second-order valence-corrected chi connectivity index (χ2v) is 8.19. The van der Waals surface area contributed by atoms with E-state index in [1.165, 1.54) is 37.3 Å². The molecule has 4 rings (SSSR count). The summed E-state index contributed by atoms with van der Waals surface area (Å²) in [4.78, 5) is 13.0. The van der Waals surface area contributed by atoms with E-state index in [1.54, 1.807) is 0 Å². The van der Waals surface area contributed by atoms with Crippen molar-refractivity contribution < 1.29 is 41.0 Å². The van der Waals surface area contributed by atoms with Crippen LogP contribution >= 0.6 is 11.6 Å². The van der Waals surface area contributed by atoms with Crippen molar-refractivity contribution in [1.82, 2.24) is 0 Å². The molecular weight excluding hydrogens is 497 g/mol. The van der Waals surface area contributed by atoms with Gasteiger partial charge in [-0.2, -0.15) is 13.2 Å². The van der Waals surface area contributed by atoms with Crippen molar-refractivity contribution in [1.29, 1.82) is 0 Å². The van der Waals surface area contributed by atoms with Gasteiger partial charge in [-0.15, -0.1) is 0 Å². The van der Waals surface area contributed by atoms with E-state index in [-0.39, 0.29) is 36.0 Å². The SMILES string of the molecule is Cc1cc(F)ccc1Oc1cc(C(F)(F)F)c(Cl)cc1C(=O)Nc1cccc(OC[C@@]2(F)CO2)c1. The predicted octanol–water partition coefficient (Wildman–Crippen LogP) is 6.93. The van der Waals surface area contributed by atoms with Crippen molar-refractivity contribution in [2.24, 2.45) is 0 Å². The Labute approximate surface area is 201 Å². The molecule has 1 aliphatic rings. The van der Waals surface area contributed by atoms with Gasteiger partial charge in [0.05, 0.1) is 16.1 Å². The van der Waals surface area contributed by atoms with E-state index in [0.717, 1.165) is 18.2 Å². The van der Waals surface area contributed by atoms with Gasteiger partial charge < -0.3 is 19.5 Å². The third-order valence-corrected chi connectivity index (χ3v) is 5.29. The summed E-state index contributed by atoms with van der Waals surface area (Å²) in [6, 6.07) is 10.8. The number of epoxide rings is 1. The van der Waals surface area contributed by atoms with Gasteiger partial charge in [0, 0.05) is 11.8 Å². The minimum Gasteiger partial charge on any atom is -0.487 e. The van der Waals surface area contributed by atoms with Crippen molar-refractivity contribution in [3.8, 4) is 17.2 Å². The summed E-state index contributed by atoms with van der Waals surface area (Å²) < 4.78 is 82.9. The van der Waals surface area contributed by atoms with E-state index in [4.69, 9.17) is 21.1 Å². The summed E-state index contributed by atoms with van der Waals surface area (Å²) >= 11 is 5.83. The number of ether oxygens (including phenoxy) is 3. The molecule has 0 aliphatic carbocycles. The largest absolute Gasteiger partial charge is 0.487 e. The van der Waals surface area contributed by atoms with Gasteiger partial charge in [-0.05, 0) is 55.0 Å². The van der Waals surface area contributed by atoms with E-state index >= 15 is 0 Å². The van der Waals surface area contributed by atoms with Crippen molar-refractivity contribution in [2.75, 3.05) is 18.5 Å². The summed E-state index contributed by atoms with van der Waals surface area (Å²) in [6.45, 7) is 1.08. The molecular formula is C24H17ClF5NO4. The normalized spacial score (nSPS) is 17.1. The number of alkyl halides is 4. The molecule has 5 nitrogen and oxygen atoms in total. The lowest BCUT2D eigenvalue weighted by molar-refractivity contribution is -0.137. The summed E-state index contributed by atoms with van der Waals surface area (Å²) in [6.07, 6.45) is -4.81. The van der Waals surface area contributed by atoms with Crippen LogP contribution in [-0.2, 0) is 10.9 Å². The molecule has 1 fully saturated rings. The first-order valence-corrected chi connectivity index (χ1v) is 10.5. The first kappa shape index (κ1) is 24.7. The molecule has 11 heteroatoms. The van der Waals surface area contributed by atoms with Crippen LogP contribution in [0.4, 0.5) is 27.6 Å². The van der Waals surface area contributed by atoms with Crippen LogP contribution in [0.25, 0.3) is 0 Å². The Morgan fingerprint density at radius 1 is 1.14 bits per heavy atom. The molecule has 0 radical (unpaired) electrons. The van der Waals surface area contributed by atoms with Crippen molar-refractivity contribution in [2.45, 2.75) is 19.0 Å². The summed E-state index contributed by atoms with van der Waals surface area (Å²) in [5.41, 5.74) is -0.984. The van der Waals surface area contributed by atoms with Crippen LogP contribution in [0.15, 0.2) is 54.6 Å². The maximum atomic E-state index is 13.6. The smallest absolute Gasteiger partial charge is 0.417 e. The van der Waals surface area contributed by atoms with E-state index in [0.29, 0.717) is 11.6 Å². The van der Waals surface area contributed by atoms with Gasteiger partial charge in [0.1, 0.15) is 36.3 Å². The number of halogens is 6. The zero-order valence-electron chi connectivity index (χ0n) is 18.0. The number of benzene rings is 3. The number of carbonyl (C=O) groups excluding carboxylic acids is 1. The first-order chi connectivity index (χ1) is 16.4. The molecule has 0 aromatic heterocycles. The predicted molar refractivity (Wildman–Crippen MR) is 117 cm³/mol. The fourth-order valence-corrected chi connectivity index (χ4v) is 3.36. The van der Waals surface area contributed by atoms with Crippen LogP contribution in [0.2, 0.25) is 5.02 Å². The number of hydrogen-bond acceptors (Lipinski definition) is 4. The molecule has 0 spiro atoms. The lowest BCUT2D eigenvalue weighted by Gasteiger charge is -2.17. The van der Waals surface area contributed by atoms with E-state index in [9.17, 15) is 26.7 Å². The molecule has 0 bridgehead atoms. The second-order valence-electron chi connectivity index (χ2n) is 7.78. The Morgan fingerprint density at radius 3 is 2.54 bits per heavy atom. The number of rotatable bonds is 7. The maximum Gasteiger partial charge on any atom is 0.417 e. The van der Waals surface area contributed by atoms with Gasteiger partial charge in [0.25, 0.3) is 11.8 Å². The zero-order valence-corrected chi connectivity index (χ0v) is 18.8. The Hall–Kier alpha value is -3.37. The molecule has 1 saturated heterocycles. The number of amides is 1. The molecule has 184 valence electrons. The van der Waals surface area contributed by atoms with Gasteiger partial charge in [0.2, 0.25) is 0 Å². The number of anilines is 1. The maximum absolute atomic E-state index is 13.6. The van der Waals surface area contributed by atoms with E-state index in [2.05, 4.69) is 10.1 Å². The third kappa shape index (κ3) is 6.01. The van der Waals surface area contributed by atoms with Crippen LogP contribution < -0.4 is 14.8 Å². The molecule has 1 atom stereocenters. The molecule has 3 aromatic rings. The zero-order chi connectivity index (χ0) is 25.4. The highest BCUT2D eigenvalue weighted by Crippen LogP contribution is 2.40. The number of nitrogens with one attached hydrogen (secondary N) is 1. The molecule has 1 amide bonds. The van der Waals surface area contributed by atoms with Gasteiger partial charge in [-0.3, -0.25) is 4.79 Å². The number of hydrogen-bond donors (Lipinski definition) is 1. The van der Waals surface area contributed by atoms with Crippen molar-refractivity contribution in [3.05, 3.63) is 82.1 Å². The third-order valence-electron chi connectivity index (χ3n) is 4.98. The Balaban J connectivity index is 1.63. The van der Waals surface area contributed by atoms with E-state index in [1.807, 2.05) is 0 Å². The fraction of sp³-hybridized carbons (Fsp3) is 0.208. The van der Waals surface area contributed by atoms with Crippen molar-refractivity contribution >= 4 is 23.2 Å². The molecule has 0 unspecified atom stereocenters. The quantitative estimate of drug-likeness (QED) is 0.275. The van der Waals surface area contributed by atoms with Crippen LogP contribution in [0.3, 0.4) is 0 Å². The lowest BCUT2D eigenvalue weighted by atomic mass is 10.1. The lowest BCUT2D eigenvalue weighted by Crippen LogP contribution is -2.16. The Morgan fingerprint density at radius 2 is 1.89 bits per heavy atom. The second kappa shape index (κ2) is 9.35. The number of carbonyl (C=O) groups is 1. The van der Waals surface area contributed by atoms with Crippen LogP contribution in [0, 0.1) is 12.7 Å². The highest BCUT2D eigenvalue weighted by Gasteiger charge is 2.46. The fourth-order valence-electron chi connectivity index (χ4n) is 3.09. The average molecular weight is 514 g/mol. The van der Waals surface area contributed by atoms with Crippen molar-refractivity contribution in [3.63, 3.8) is 0 Å². The summed E-state index contributed by atoms with van der Waals surface area (Å²) in [5, 5.41) is 1.82. The standard InChI is InChI=1S/C24H17ClF5NO4/c1-13-7-14(26)5-6-20(13)35-21-10-18(24(28,29)30)19(25)9-17(21)22(32)31-15-3-2-4-16(8-15)33-11-23(27)12-34-23/h2-10H,11-12H2,1H3,(H,31,32)/t23-/m0/s1. The molecule has 3 aromatic carbocycles. The molecule has 35 heavy (non-hydrogen) atoms. The van der Waals surface area contributed by atoms with Gasteiger partial charge in [-0.1, -0.05) is 17.7 Å². The monoisotopic (exact) mass is 513 g/mol. The molecule has 1 N–H and O–H groups in total. The Bertz CT molecular complexity index is 1280. The van der Waals surface area contributed by atoms with E-state index < -0.39 is 40.1 Å². The Kier molecular flexibility index (Phi) is 6.61. The highest BCUT2D eigenvalue weighted by molar-refractivity contribution is 6.32. The topological polar surface area (TPSA) is 60.1 Å². The number of aryl methyl sites for hydroxylation is 1. The highest BCUT2D eigenvalue weighted by atomic mass is 35.5. The van der Waals surface area contributed by atoms with Crippen LogP contribution in [0.5, 0.6) is 17.2 Å². The summed E-state index contributed by atoms with van der Waals surface area (Å²) in [7, 11) is 0. The van der Waals surface area contributed by atoms with Crippen LogP contribution in [-0.4, -0.2) is 25.0 Å². The minimum absolute atomic E-state index is 0.0498. The summed E-state index contributed by atoms with van der Waals surface area (Å²) in [5.74, 6) is -3.38. The van der Waals surface area contributed by atoms with Gasteiger partial charge >= 0.3 is 6.18 Å². The van der Waals surface area contributed by atoms with Gasteiger partial charge in [-0.25, -0.2) is 8.78 Å². The molecule has 1 aliphatic heterocycles. The molecule has 0 saturated carbocycles. The molecule has 1 heterocycles. The minimum atomic E-state index is -4.81. The average Bonchev–Trinajstić information content (AvgIpc) is 3.52. The first-order valence-electron chi connectivity index (χ1n) is 10.2.